The Morgan fingerprint density at radius 1 is 1.38 bits per heavy atom. The highest BCUT2D eigenvalue weighted by Crippen LogP contribution is 2.14. The summed E-state index contributed by atoms with van der Waals surface area (Å²) in [4.78, 5) is 36.0. The minimum Gasteiger partial charge on any atom is -0.480 e. The first kappa shape index (κ1) is 17.9. The van der Waals surface area contributed by atoms with E-state index < -0.39 is 29.5 Å². The molecule has 128 valence electrons. The lowest BCUT2D eigenvalue weighted by Crippen LogP contribution is -2.45. The minimum atomic E-state index is -1.15. The summed E-state index contributed by atoms with van der Waals surface area (Å²) < 4.78 is 1.03. The molecule has 1 aromatic heterocycles. The number of hydrogen-bond acceptors (Lipinski definition) is 6. The molecule has 0 aliphatic rings. The third-order valence-corrected chi connectivity index (χ3v) is 4.16. The molecule has 0 fully saturated rings. The van der Waals surface area contributed by atoms with Crippen molar-refractivity contribution in [1.82, 2.24) is 20.3 Å². The van der Waals surface area contributed by atoms with Gasteiger partial charge in [-0.1, -0.05) is 17.3 Å². The van der Waals surface area contributed by atoms with E-state index in [0.717, 1.165) is 4.68 Å². The van der Waals surface area contributed by atoms with Crippen LogP contribution in [0.1, 0.15) is 19.4 Å². The zero-order chi connectivity index (χ0) is 17.7. The molecule has 1 heterocycles. The van der Waals surface area contributed by atoms with E-state index in [0.29, 0.717) is 23.1 Å². The fourth-order valence-corrected chi connectivity index (χ4v) is 2.63. The van der Waals surface area contributed by atoms with Crippen molar-refractivity contribution in [1.29, 1.82) is 0 Å². The van der Waals surface area contributed by atoms with E-state index in [2.05, 4.69) is 15.6 Å². The quantitative estimate of drug-likeness (QED) is 0.754. The molecule has 2 atom stereocenters. The van der Waals surface area contributed by atoms with Gasteiger partial charge in [-0.2, -0.15) is 16.4 Å². The number of carboxylic acids is 1. The third kappa shape index (κ3) is 3.91. The van der Waals surface area contributed by atoms with Crippen LogP contribution in [-0.2, 0) is 9.59 Å². The average Bonchev–Trinajstić information content (AvgIpc) is 2.57. The summed E-state index contributed by atoms with van der Waals surface area (Å²) in [6.45, 7) is 1.36. The Hall–Kier alpha value is -2.42. The van der Waals surface area contributed by atoms with Gasteiger partial charge in [0.15, 0.2) is 0 Å². The summed E-state index contributed by atoms with van der Waals surface area (Å²) in [5.41, 5.74) is 0.0199. The van der Waals surface area contributed by atoms with Gasteiger partial charge in [0, 0.05) is 0 Å². The maximum atomic E-state index is 12.6. The maximum absolute atomic E-state index is 12.6. The lowest BCUT2D eigenvalue weighted by Gasteiger charge is -2.19. The molecule has 0 aliphatic carbocycles. The summed E-state index contributed by atoms with van der Waals surface area (Å²) >= 11 is 1.52. The van der Waals surface area contributed by atoms with Gasteiger partial charge in [-0.25, -0.2) is 0 Å². The first-order valence-electron chi connectivity index (χ1n) is 7.32. The van der Waals surface area contributed by atoms with Crippen molar-refractivity contribution in [2.75, 3.05) is 12.0 Å². The minimum absolute atomic E-state index is 0.340. The van der Waals surface area contributed by atoms with E-state index in [1.165, 1.54) is 18.7 Å². The smallest absolute Gasteiger partial charge is 0.325 e. The van der Waals surface area contributed by atoms with Crippen LogP contribution in [0.3, 0.4) is 0 Å². The monoisotopic (exact) mass is 350 g/mol. The number of nitrogens with zero attached hydrogens (tertiary/aromatic N) is 3. The molecular formula is C15H18N4O4S. The van der Waals surface area contributed by atoms with Gasteiger partial charge in [0.1, 0.15) is 17.6 Å². The van der Waals surface area contributed by atoms with Crippen LogP contribution in [0.4, 0.5) is 0 Å². The molecule has 9 heteroatoms. The van der Waals surface area contributed by atoms with E-state index in [1.807, 2.05) is 6.26 Å². The Morgan fingerprint density at radius 3 is 2.75 bits per heavy atom. The van der Waals surface area contributed by atoms with Gasteiger partial charge in [-0.05, 0) is 37.5 Å². The van der Waals surface area contributed by atoms with E-state index in [9.17, 15) is 14.4 Å². The number of nitrogens with one attached hydrogen (secondary N) is 1. The van der Waals surface area contributed by atoms with Crippen LogP contribution in [0, 0.1) is 0 Å². The first-order valence-corrected chi connectivity index (χ1v) is 8.71. The molecule has 2 rings (SSSR count). The molecule has 2 aromatic rings. The van der Waals surface area contributed by atoms with E-state index >= 15 is 0 Å². The van der Waals surface area contributed by atoms with Crippen LogP contribution in [0.2, 0.25) is 0 Å². The SMILES string of the molecule is CSCCC(C(=O)NC(C)C(=O)O)n1nnc2ccccc2c1=O. The predicted octanol–water partition coefficient (Wildman–Crippen LogP) is 0.675. The van der Waals surface area contributed by atoms with Gasteiger partial charge in [0.05, 0.1) is 5.39 Å². The predicted molar refractivity (Wildman–Crippen MR) is 91.1 cm³/mol. The van der Waals surface area contributed by atoms with Crippen molar-refractivity contribution in [3.05, 3.63) is 34.6 Å². The van der Waals surface area contributed by atoms with Gasteiger partial charge >= 0.3 is 5.97 Å². The van der Waals surface area contributed by atoms with Gasteiger partial charge in [0.25, 0.3) is 5.56 Å². The number of carbonyl (C=O) groups is 2. The molecule has 8 nitrogen and oxygen atoms in total. The number of carbonyl (C=O) groups excluding carboxylic acids is 1. The van der Waals surface area contributed by atoms with Gasteiger partial charge in [-0.15, -0.1) is 5.10 Å². The molecule has 0 saturated heterocycles. The highest BCUT2D eigenvalue weighted by atomic mass is 32.2. The van der Waals surface area contributed by atoms with Crippen molar-refractivity contribution in [2.24, 2.45) is 0 Å². The molecule has 2 N–H and O–H groups in total. The Labute approximate surface area is 142 Å². The van der Waals surface area contributed by atoms with E-state index in [-0.39, 0.29) is 0 Å². The van der Waals surface area contributed by atoms with Gasteiger partial charge in [0.2, 0.25) is 5.91 Å². The number of thioether (sulfide) groups is 1. The highest BCUT2D eigenvalue weighted by molar-refractivity contribution is 7.98. The number of carboxylic acid groups (broad SMARTS) is 1. The lowest BCUT2D eigenvalue weighted by atomic mass is 10.2. The standard InChI is InChI=1S/C15H18N4O4S/c1-9(15(22)23)16-13(20)12(7-8-24-2)19-14(21)10-5-3-4-6-11(10)17-18-19/h3-6,9,12H,7-8H2,1-2H3,(H,16,20)(H,22,23). The maximum Gasteiger partial charge on any atom is 0.325 e. The zero-order valence-corrected chi connectivity index (χ0v) is 14.1. The molecule has 0 saturated carbocycles. The van der Waals surface area contributed by atoms with Crippen molar-refractivity contribution < 1.29 is 14.7 Å². The van der Waals surface area contributed by atoms with Gasteiger partial charge < -0.3 is 10.4 Å². The second kappa shape index (κ2) is 7.91. The van der Waals surface area contributed by atoms with Crippen LogP contribution in [-0.4, -0.2) is 50.0 Å². The summed E-state index contributed by atoms with van der Waals surface area (Å²) in [6, 6.07) is 4.76. The van der Waals surface area contributed by atoms with Crippen LogP contribution in [0.5, 0.6) is 0 Å². The third-order valence-electron chi connectivity index (χ3n) is 3.51. The van der Waals surface area contributed by atoms with Crippen molar-refractivity contribution >= 4 is 34.5 Å². The normalized spacial score (nSPS) is 13.4. The average molecular weight is 350 g/mol. The second-order valence-electron chi connectivity index (χ2n) is 5.22. The molecule has 0 aliphatic heterocycles. The lowest BCUT2D eigenvalue weighted by molar-refractivity contribution is -0.141. The first-order chi connectivity index (χ1) is 11.5. The number of rotatable bonds is 7. The van der Waals surface area contributed by atoms with Crippen LogP contribution < -0.4 is 10.9 Å². The molecule has 0 spiro atoms. The number of aliphatic carboxylic acids is 1. The molecule has 0 radical (unpaired) electrons. The summed E-state index contributed by atoms with van der Waals surface area (Å²) in [6.07, 6.45) is 2.22. The van der Waals surface area contributed by atoms with Crippen LogP contribution in [0.25, 0.3) is 10.9 Å². The number of benzene rings is 1. The Morgan fingerprint density at radius 2 is 2.08 bits per heavy atom. The summed E-state index contributed by atoms with van der Waals surface area (Å²) in [5.74, 6) is -1.10. The topological polar surface area (TPSA) is 114 Å². The van der Waals surface area contributed by atoms with Crippen LogP contribution >= 0.6 is 11.8 Å². The summed E-state index contributed by atoms with van der Waals surface area (Å²) in [7, 11) is 0. The van der Waals surface area contributed by atoms with E-state index in [4.69, 9.17) is 5.11 Å². The molecule has 24 heavy (non-hydrogen) atoms. The molecule has 2 unspecified atom stereocenters. The largest absolute Gasteiger partial charge is 0.480 e. The Balaban J connectivity index is 2.40. The van der Waals surface area contributed by atoms with Crippen molar-refractivity contribution in [3.8, 4) is 0 Å². The summed E-state index contributed by atoms with van der Waals surface area (Å²) in [5, 5.41) is 19.5. The number of fused-ring (bicyclic) bond motifs is 1. The fourth-order valence-electron chi connectivity index (χ4n) is 2.17. The van der Waals surface area contributed by atoms with Crippen LogP contribution in [0.15, 0.2) is 29.1 Å². The molecule has 1 amide bonds. The number of amides is 1. The Bertz CT molecular complexity index is 807. The molecule has 1 aromatic carbocycles. The van der Waals surface area contributed by atoms with Gasteiger partial charge in [-0.3, -0.25) is 14.4 Å². The fraction of sp³-hybridized carbons (Fsp3) is 0.400. The second-order valence-corrected chi connectivity index (χ2v) is 6.21. The number of hydrogen-bond donors (Lipinski definition) is 2. The highest BCUT2D eigenvalue weighted by Gasteiger charge is 2.26. The zero-order valence-electron chi connectivity index (χ0n) is 13.3. The molecule has 0 bridgehead atoms. The van der Waals surface area contributed by atoms with Crippen molar-refractivity contribution in [2.45, 2.75) is 25.4 Å². The molecular weight excluding hydrogens is 332 g/mol. The number of aromatic nitrogens is 3. The van der Waals surface area contributed by atoms with E-state index in [1.54, 1.807) is 24.3 Å². The Kier molecular flexibility index (Phi) is 5.91. The van der Waals surface area contributed by atoms with Crippen molar-refractivity contribution in [3.63, 3.8) is 0 Å².